The van der Waals surface area contributed by atoms with E-state index in [-0.39, 0.29) is 11.6 Å². The van der Waals surface area contributed by atoms with Crippen LogP contribution in [0.25, 0.3) is 11.0 Å². The van der Waals surface area contributed by atoms with Gasteiger partial charge in [0.25, 0.3) is 0 Å². The molecule has 0 amide bonds. The zero-order valence-electron chi connectivity index (χ0n) is 18.2. The maximum absolute atomic E-state index is 5.14. The van der Waals surface area contributed by atoms with E-state index in [9.17, 15) is 0 Å². The summed E-state index contributed by atoms with van der Waals surface area (Å²) in [7, 11) is 0. The predicted molar refractivity (Wildman–Crippen MR) is 127 cm³/mol. The minimum absolute atomic E-state index is 0.0618. The van der Waals surface area contributed by atoms with E-state index in [0.29, 0.717) is 5.92 Å². The van der Waals surface area contributed by atoms with Gasteiger partial charge in [-0.3, -0.25) is 0 Å². The van der Waals surface area contributed by atoms with Gasteiger partial charge in [-0.2, -0.15) is 0 Å². The van der Waals surface area contributed by atoms with Gasteiger partial charge in [-0.05, 0) is 42.3 Å². The van der Waals surface area contributed by atoms with E-state index < -0.39 is 0 Å². The second kappa shape index (κ2) is 6.55. The minimum Gasteiger partial charge on any atom is -0.302 e. The third-order valence-corrected chi connectivity index (χ3v) is 7.52. The van der Waals surface area contributed by atoms with Crippen LogP contribution in [-0.2, 0) is 5.41 Å². The average Bonchev–Trinajstić information content (AvgIpc) is 3.15. The molecule has 0 spiro atoms. The van der Waals surface area contributed by atoms with E-state index >= 15 is 0 Å². The van der Waals surface area contributed by atoms with Crippen LogP contribution in [0.15, 0.2) is 78.9 Å². The molecule has 0 saturated heterocycles. The molecule has 3 atom stereocenters. The molecule has 0 saturated carbocycles. The Morgan fingerprint density at radius 2 is 1.35 bits per heavy atom. The summed E-state index contributed by atoms with van der Waals surface area (Å²) < 4.78 is 0. The minimum atomic E-state index is 0.0618. The van der Waals surface area contributed by atoms with Crippen LogP contribution >= 0.6 is 0 Å². The lowest BCUT2D eigenvalue weighted by atomic mass is 9.66. The number of fused-ring (bicyclic) bond motifs is 6. The van der Waals surface area contributed by atoms with Crippen molar-refractivity contribution in [1.82, 2.24) is 9.97 Å². The van der Waals surface area contributed by atoms with Gasteiger partial charge in [0.05, 0.1) is 11.0 Å². The van der Waals surface area contributed by atoms with Crippen molar-refractivity contribution in [1.29, 1.82) is 0 Å². The van der Waals surface area contributed by atoms with Crippen molar-refractivity contribution >= 4 is 34.0 Å². The van der Waals surface area contributed by atoms with Gasteiger partial charge >= 0.3 is 0 Å². The van der Waals surface area contributed by atoms with Crippen molar-refractivity contribution in [2.75, 3.05) is 9.80 Å². The molecule has 0 aliphatic carbocycles. The smallest absolute Gasteiger partial charge is 0.179 e. The van der Waals surface area contributed by atoms with Crippen molar-refractivity contribution in [2.24, 2.45) is 5.92 Å². The summed E-state index contributed by atoms with van der Waals surface area (Å²) in [6, 6.07) is 27.7. The molecule has 3 aromatic carbocycles. The highest BCUT2D eigenvalue weighted by molar-refractivity contribution is 5.91. The molecule has 31 heavy (non-hydrogen) atoms. The van der Waals surface area contributed by atoms with Crippen LogP contribution in [0.5, 0.6) is 0 Å². The van der Waals surface area contributed by atoms with E-state index in [1.165, 1.54) is 11.3 Å². The first kappa shape index (κ1) is 18.4. The first-order valence-corrected chi connectivity index (χ1v) is 11.1. The summed E-state index contributed by atoms with van der Waals surface area (Å²) in [5.41, 5.74) is 5.73. The number of para-hydroxylation sites is 4. The summed E-state index contributed by atoms with van der Waals surface area (Å²) in [5.74, 6) is 2.26. The molecule has 3 unspecified atom stereocenters. The molecule has 0 N–H and O–H groups in total. The van der Waals surface area contributed by atoms with Crippen molar-refractivity contribution in [3.63, 3.8) is 0 Å². The Kier molecular flexibility index (Phi) is 3.88. The number of benzene rings is 3. The number of anilines is 4. The Hall–Kier alpha value is -3.40. The summed E-state index contributed by atoms with van der Waals surface area (Å²) in [6.07, 6.45) is 1.20. The van der Waals surface area contributed by atoms with E-state index in [4.69, 9.17) is 9.97 Å². The van der Waals surface area contributed by atoms with Crippen LogP contribution in [0.1, 0.15) is 32.8 Å². The monoisotopic (exact) mass is 406 g/mol. The summed E-state index contributed by atoms with van der Waals surface area (Å²) in [5, 5.41) is 0. The van der Waals surface area contributed by atoms with Gasteiger partial charge in [-0.1, -0.05) is 69.3 Å². The summed E-state index contributed by atoms with van der Waals surface area (Å²) in [4.78, 5) is 15.1. The van der Waals surface area contributed by atoms with Gasteiger partial charge in [0.2, 0.25) is 0 Å². The van der Waals surface area contributed by atoms with Crippen LogP contribution in [0.4, 0.5) is 23.0 Å². The first-order valence-electron chi connectivity index (χ1n) is 11.1. The van der Waals surface area contributed by atoms with Crippen LogP contribution < -0.4 is 9.80 Å². The topological polar surface area (TPSA) is 32.3 Å². The van der Waals surface area contributed by atoms with Crippen molar-refractivity contribution < 1.29 is 0 Å². The highest BCUT2D eigenvalue weighted by atomic mass is 15.5. The molecule has 3 heterocycles. The molecular formula is C27H26N4. The fraction of sp³-hybridized carbons (Fsp3) is 0.259. The second-order valence-electron chi connectivity index (χ2n) is 8.93. The number of aromatic nitrogens is 2. The van der Waals surface area contributed by atoms with E-state index in [0.717, 1.165) is 34.8 Å². The Morgan fingerprint density at radius 3 is 2.03 bits per heavy atom. The standard InChI is InChI=1S/C27H26N4/c1-4-27(3)18(2)26-30(19-12-6-5-7-13-19)24-25(29-22-16-10-9-15-21(22)28-24)31(26)23-17-11-8-14-20(23)27/h5-18,26H,4H2,1-3H3. The zero-order valence-corrected chi connectivity index (χ0v) is 18.2. The largest absolute Gasteiger partial charge is 0.302 e. The maximum Gasteiger partial charge on any atom is 0.179 e. The average molecular weight is 407 g/mol. The lowest BCUT2D eigenvalue weighted by molar-refractivity contribution is 0.249. The van der Waals surface area contributed by atoms with Crippen molar-refractivity contribution in [3.05, 3.63) is 84.4 Å². The lowest BCUT2D eigenvalue weighted by Gasteiger charge is -2.50. The molecular weight excluding hydrogens is 380 g/mol. The molecule has 0 bridgehead atoms. The Balaban J connectivity index is 1.69. The quantitative estimate of drug-likeness (QED) is 0.377. The lowest BCUT2D eigenvalue weighted by Crippen LogP contribution is -2.54. The SMILES string of the molecule is CCC1(C)c2ccccc2N2c3nc4ccccc4nc3N(c3ccccc3)C2C1C. The van der Waals surface area contributed by atoms with Crippen molar-refractivity contribution in [3.8, 4) is 0 Å². The van der Waals surface area contributed by atoms with Gasteiger partial charge in [-0.15, -0.1) is 0 Å². The Bertz CT molecular complexity index is 1280. The molecule has 2 aliphatic heterocycles. The van der Waals surface area contributed by atoms with Crippen LogP contribution in [0, 0.1) is 5.92 Å². The van der Waals surface area contributed by atoms with Crippen LogP contribution in [-0.4, -0.2) is 16.1 Å². The first-order chi connectivity index (χ1) is 15.1. The number of nitrogens with zero attached hydrogens (tertiary/aromatic N) is 4. The van der Waals surface area contributed by atoms with Gasteiger partial charge in [-0.25, -0.2) is 9.97 Å². The summed E-state index contributed by atoms with van der Waals surface area (Å²) >= 11 is 0. The highest BCUT2D eigenvalue weighted by Gasteiger charge is 2.53. The molecule has 4 nitrogen and oxygen atoms in total. The molecule has 154 valence electrons. The predicted octanol–water partition coefficient (Wildman–Crippen LogP) is 6.56. The van der Waals surface area contributed by atoms with E-state index in [1.807, 2.05) is 12.1 Å². The van der Waals surface area contributed by atoms with Crippen LogP contribution in [0.2, 0.25) is 0 Å². The fourth-order valence-electron chi connectivity index (χ4n) is 5.49. The zero-order chi connectivity index (χ0) is 21.2. The van der Waals surface area contributed by atoms with Gasteiger partial charge < -0.3 is 9.80 Å². The molecule has 0 fully saturated rings. The van der Waals surface area contributed by atoms with E-state index in [2.05, 4.69) is 97.3 Å². The van der Waals surface area contributed by atoms with Gasteiger partial charge in [0, 0.05) is 22.7 Å². The Labute approximate surface area is 183 Å². The fourth-order valence-corrected chi connectivity index (χ4v) is 5.49. The van der Waals surface area contributed by atoms with Crippen LogP contribution in [0.3, 0.4) is 0 Å². The number of rotatable bonds is 2. The van der Waals surface area contributed by atoms with Gasteiger partial charge in [0.1, 0.15) is 6.17 Å². The number of hydrogen-bond acceptors (Lipinski definition) is 4. The molecule has 1 aromatic heterocycles. The summed E-state index contributed by atoms with van der Waals surface area (Å²) in [6.45, 7) is 7.11. The Morgan fingerprint density at radius 1 is 0.774 bits per heavy atom. The normalized spacial score (nSPS) is 24.1. The molecule has 6 rings (SSSR count). The third kappa shape index (κ3) is 2.42. The third-order valence-electron chi connectivity index (χ3n) is 7.52. The number of hydrogen-bond donors (Lipinski definition) is 0. The van der Waals surface area contributed by atoms with Crippen molar-refractivity contribution in [2.45, 2.75) is 38.8 Å². The van der Waals surface area contributed by atoms with Gasteiger partial charge in [0.15, 0.2) is 11.6 Å². The molecule has 4 heteroatoms. The maximum atomic E-state index is 5.14. The van der Waals surface area contributed by atoms with E-state index in [1.54, 1.807) is 0 Å². The molecule has 0 radical (unpaired) electrons. The second-order valence-corrected chi connectivity index (χ2v) is 8.93. The molecule has 4 aromatic rings. The molecule has 2 aliphatic rings. The highest BCUT2D eigenvalue weighted by Crippen LogP contribution is 2.57.